The Labute approximate surface area is 91.6 Å². The molecule has 0 amide bonds. The Morgan fingerprint density at radius 2 is 2.07 bits per heavy atom. The fourth-order valence-corrected chi connectivity index (χ4v) is 4.12. The van der Waals surface area contributed by atoms with Crippen molar-refractivity contribution in [3.8, 4) is 0 Å². The first-order valence-corrected chi connectivity index (χ1v) is 6.96. The molecule has 3 heteroatoms. The number of thioether (sulfide) groups is 1. The predicted octanol–water partition coefficient (Wildman–Crippen LogP) is 1.41. The van der Waals surface area contributed by atoms with Gasteiger partial charge in [0.2, 0.25) is 0 Å². The van der Waals surface area contributed by atoms with E-state index >= 15 is 0 Å². The number of rotatable bonds is 1. The van der Waals surface area contributed by atoms with Crippen LogP contribution in [-0.4, -0.2) is 42.6 Å². The van der Waals surface area contributed by atoms with E-state index in [9.17, 15) is 0 Å². The molecule has 2 saturated heterocycles. The molecule has 2 nitrogen and oxygen atoms in total. The highest BCUT2D eigenvalue weighted by Gasteiger charge is 2.35. The lowest BCUT2D eigenvalue weighted by atomic mass is 9.77. The molecule has 2 aliphatic rings. The van der Waals surface area contributed by atoms with Gasteiger partial charge in [-0.15, -0.1) is 0 Å². The Morgan fingerprint density at radius 1 is 1.29 bits per heavy atom. The molecular weight excluding hydrogens is 192 g/mol. The van der Waals surface area contributed by atoms with Crippen molar-refractivity contribution in [2.45, 2.75) is 25.3 Å². The molecule has 0 radical (unpaired) electrons. The van der Waals surface area contributed by atoms with E-state index in [0.717, 1.165) is 24.4 Å². The van der Waals surface area contributed by atoms with Gasteiger partial charge in [-0.05, 0) is 62.7 Å². The van der Waals surface area contributed by atoms with Crippen LogP contribution in [0.5, 0.6) is 0 Å². The third kappa shape index (κ3) is 2.10. The monoisotopic (exact) mass is 214 g/mol. The van der Waals surface area contributed by atoms with Crippen LogP contribution in [0, 0.1) is 11.8 Å². The number of hydrogen-bond acceptors (Lipinski definition) is 3. The number of hydrogen-bond donors (Lipinski definition) is 1. The third-order valence-electron chi connectivity index (χ3n) is 3.97. The molecular formula is C11H22N2S. The second-order valence-electron chi connectivity index (χ2n) is 4.69. The van der Waals surface area contributed by atoms with E-state index in [1.165, 1.54) is 37.3 Å². The number of likely N-dealkylation sites (tertiary alicyclic amines) is 1. The van der Waals surface area contributed by atoms with Crippen LogP contribution in [0.25, 0.3) is 0 Å². The molecule has 0 spiro atoms. The highest BCUT2D eigenvalue weighted by molar-refractivity contribution is 7.99. The minimum atomic E-state index is 0.801. The first kappa shape index (κ1) is 10.8. The van der Waals surface area contributed by atoms with Gasteiger partial charge < -0.3 is 10.6 Å². The van der Waals surface area contributed by atoms with Crippen LogP contribution in [-0.2, 0) is 0 Å². The molecule has 2 rings (SSSR count). The molecule has 3 atom stereocenters. The van der Waals surface area contributed by atoms with Crippen molar-refractivity contribution in [1.82, 2.24) is 4.90 Å². The van der Waals surface area contributed by atoms with Gasteiger partial charge in [-0.25, -0.2) is 0 Å². The van der Waals surface area contributed by atoms with Crippen molar-refractivity contribution in [3.63, 3.8) is 0 Å². The van der Waals surface area contributed by atoms with Crippen LogP contribution in [0.1, 0.15) is 19.3 Å². The molecule has 82 valence electrons. The molecule has 0 aromatic rings. The van der Waals surface area contributed by atoms with Gasteiger partial charge in [0.25, 0.3) is 0 Å². The summed E-state index contributed by atoms with van der Waals surface area (Å²) in [5, 5.41) is 0. The maximum atomic E-state index is 5.88. The van der Waals surface area contributed by atoms with E-state index in [4.69, 9.17) is 5.73 Å². The quantitative estimate of drug-likeness (QED) is 0.715. The summed E-state index contributed by atoms with van der Waals surface area (Å²) in [5.74, 6) is 4.39. The van der Waals surface area contributed by atoms with Gasteiger partial charge in [0.05, 0.1) is 0 Å². The Balaban J connectivity index is 2.07. The Bertz CT molecular complexity index is 186. The normalized spacial score (nSPS) is 40.3. The molecule has 0 bridgehead atoms. The minimum Gasteiger partial charge on any atom is -0.330 e. The standard InChI is InChI=1S/C11H22N2S/c1-13-5-2-9(8-12)10-3-6-14-7-4-11(10)13/h9-11H,2-8,12H2,1H3. The Morgan fingerprint density at radius 3 is 2.86 bits per heavy atom. The van der Waals surface area contributed by atoms with Crippen molar-refractivity contribution >= 4 is 11.8 Å². The topological polar surface area (TPSA) is 29.3 Å². The summed E-state index contributed by atoms with van der Waals surface area (Å²) in [4.78, 5) is 2.57. The zero-order chi connectivity index (χ0) is 9.97. The van der Waals surface area contributed by atoms with Gasteiger partial charge in [0.15, 0.2) is 0 Å². The van der Waals surface area contributed by atoms with Crippen molar-refractivity contribution in [3.05, 3.63) is 0 Å². The second kappa shape index (κ2) is 4.86. The summed E-state index contributed by atoms with van der Waals surface area (Å²) in [6.07, 6.45) is 4.09. The zero-order valence-corrected chi connectivity index (χ0v) is 9.93. The van der Waals surface area contributed by atoms with E-state index in [1.54, 1.807) is 0 Å². The third-order valence-corrected chi connectivity index (χ3v) is 5.02. The minimum absolute atomic E-state index is 0.801. The van der Waals surface area contributed by atoms with E-state index < -0.39 is 0 Å². The zero-order valence-electron chi connectivity index (χ0n) is 9.11. The fraction of sp³-hybridized carbons (Fsp3) is 1.00. The van der Waals surface area contributed by atoms with Gasteiger partial charge >= 0.3 is 0 Å². The van der Waals surface area contributed by atoms with Crippen molar-refractivity contribution in [1.29, 1.82) is 0 Å². The summed E-state index contributed by atoms with van der Waals surface area (Å²) in [7, 11) is 2.29. The lowest BCUT2D eigenvalue weighted by Crippen LogP contribution is -2.48. The van der Waals surface area contributed by atoms with Gasteiger partial charge in [-0.3, -0.25) is 0 Å². The van der Waals surface area contributed by atoms with E-state index in [-0.39, 0.29) is 0 Å². The van der Waals surface area contributed by atoms with E-state index in [0.29, 0.717) is 0 Å². The first-order valence-electron chi connectivity index (χ1n) is 5.81. The summed E-state index contributed by atoms with van der Waals surface area (Å²) >= 11 is 2.13. The molecule has 2 N–H and O–H groups in total. The van der Waals surface area contributed by atoms with Crippen molar-refractivity contribution < 1.29 is 0 Å². The van der Waals surface area contributed by atoms with Crippen LogP contribution in [0.4, 0.5) is 0 Å². The molecule has 0 aromatic heterocycles. The highest BCUT2D eigenvalue weighted by Crippen LogP contribution is 2.35. The van der Waals surface area contributed by atoms with Gasteiger partial charge in [0, 0.05) is 6.04 Å². The van der Waals surface area contributed by atoms with Crippen LogP contribution < -0.4 is 5.73 Å². The average molecular weight is 214 g/mol. The van der Waals surface area contributed by atoms with Crippen LogP contribution in [0.15, 0.2) is 0 Å². The molecule has 0 aliphatic carbocycles. The van der Waals surface area contributed by atoms with Crippen molar-refractivity contribution in [2.75, 3.05) is 31.6 Å². The molecule has 2 fully saturated rings. The molecule has 2 heterocycles. The SMILES string of the molecule is CN1CCC(CN)C2CCSCCC21. The molecule has 3 unspecified atom stereocenters. The largest absolute Gasteiger partial charge is 0.330 e. The molecule has 14 heavy (non-hydrogen) atoms. The Kier molecular flexibility index (Phi) is 3.74. The summed E-state index contributed by atoms with van der Waals surface area (Å²) in [6, 6.07) is 0.826. The average Bonchev–Trinajstić information content (AvgIpc) is 2.44. The summed E-state index contributed by atoms with van der Waals surface area (Å²) in [5.41, 5.74) is 5.88. The molecule has 2 aliphatic heterocycles. The van der Waals surface area contributed by atoms with Crippen molar-refractivity contribution in [2.24, 2.45) is 17.6 Å². The number of nitrogens with zero attached hydrogens (tertiary/aromatic N) is 1. The number of piperidine rings is 1. The maximum absolute atomic E-state index is 5.88. The van der Waals surface area contributed by atoms with Crippen LogP contribution >= 0.6 is 11.8 Å². The number of fused-ring (bicyclic) bond motifs is 1. The Hall–Kier alpha value is 0.270. The molecule has 0 aromatic carbocycles. The maximum Gasteiger partial charge on any atom is 0.0132 e. The van der Waals surface area contributed by atoms with E-state index in [2.05, 4.69) is 23.7 Å². The second-order valence-corrected chi connectivity index (χ2v) is 5.91. The predicted molar refractivity (Wildman–Crippen MR) is 63.6 cm³/mol. The highest BCUT2D eigenvalue weighted by atomic mass is 32.2. The van der Waals surface area contributed by atoms with Gasteiger partial charge in [0.1, 0.15) is 0 Å². The van der Waals surface area contributed by atoms with Crippen LogP contribution in [0.2, 0.25) is 0 Å². The number of nitrogens with two attached hydrogens (primary N) is 1. The first-order chi connectivity index (χ1) is 6.83. The summed E-state index contributed by atoms with van der Waals surface area (Å²) in [6.45, 7) is 2.16. The van der Waals surface area contributed by atoms with Gasteiger partial charge in [-0.2, -0.15) is 11.8 Å². The fourth-order valence-electron chi connectivity index (χ4n) is 3.07. The summed E-state index contributed by atoms with van der Waals surface area (Å²) < 4.78 is 0. The van der Waals surface area contributed by atoms with E-state index in [1.807, 2.05) is 0 Å². The lowest BCUT2D eigenvalue weighted by Gasteiger charge is -2.43. The van der Waals surface area contributed by atoms with Crippen LogP contribution in [0.3, 0.4) is 0 Å². The lowest BCUT2D eigenvalue weighted by molar-refractivity contribution is 0.0701. The van der Waals surface area contributed by atoms with Gasteiger partial charge in [-0.1, -0.05) is 0 Å². The molecule has 0 saturated carbocycles. The smallest absolute Gasteiger partial charge is 0.0132 e.